The highest BCUT2D eigenvalue weighted by atomic mass is 127. The number of halogens is 1. The fourth-order valence-corrected chi connectivity index (χ4v) is 3.20. The van der Waals surface area contributed by atoms with E-state index in [2.05, 4.69) is 22.5 Å². The van der Waals surface area contributed by atoms with Crippen LogP contribution in [0.2, 0.25) is 0 Å². The predicted molar refractivity (Wildman–Crippen MR) is 124 cm³/mol. The maximum Gasteiger partial charge on any atom is 0.221 e. The second kappa shape index (κ2) is 12.8. The van der Waals surface area contributed by atoms with Crippen molar-refractivity contribution >= 4 is 41.5 Å². The van der Waals surface area contributed by atoms with Gasteiger partial charge in [-0.25, -0.2) is 4.99 Å². The Morgan fingerprint density at radius 3 is 2.57 bits per heavy atom. The Bertz CT molecular complexity index is 646. The molecule has 0 aliphatic carbocycles. The molecule has 0 aromatic heterocycles. The van der Waals surface area contributed by atoms with E-state index in [0.29, 0.717) is 24.1 Å². The molecule has 158 valence electrons. The van der Waals surface area contributed by atoms with Crippen LogP contribution in [0.4, 0.5) is 5.69 Å². The molecule has 0 unspecified atom stereocenters. The number of methoxy groups -OCH3 is 1. The molecule has 1 aliphatic heterocycles. The van der Waals surface area contributed by atoms with Gasteiger partial charge in [0.05, 0.1) is 25.4 Å². The molecular weight excluding hydrogens is 471 g/mol. The van der Waals surface area contributed by atoms with Crippen molar-refractivity contribution in [3.63, 3.8) is 0 Å². The monoisotopic (exact) mass is 504 g/mol. The van der Waals surface area contributed by atoms with Crippen molar-refractivity contribution in [3.05, 3.63) is 23.8 Å². The van der Waals surface area contributed by atoms with Crippen LogP contribution in [-0.4, -0.2) is 56.2 Å². The molecule has 2 rings (SSSR count). The minimum Gasteiger partial charge on any atom is -0.495 e. The SMILES string of the molecule is CCNC(=NCc1ccc(OC)c(NC(C)=O)c1)N1CCC(OCC)CC1.I. The van der Waals surface area contributed by atoms with Gasteiger partial charge in [-0.15, -0.1) is 24.0 Å². The lowest BCUT2D eigenvalue weighted by molar-refractivity contribution is -0.114. The molecule has 1 heterocycles. The van der Waals surface area contributed by atoms with Gasteiger partial charge >= 0.3 is 0 Å². The fraction of sp³-hybridized carbons (Fsp3) is 0.600. The number of hydrogen-bond acceptors (Lipinski definition) is 4. The summed E-state index contributed by atoms with van der Waals surface area (Å²) in [5.41, 5.74) is 1.68. The number of amides is 1. The Kier molecular flexibility index (Phi) is 11.2. The number of anilines is 1. The van der Waals surface area contributed by atoms with Gasteiger partial charge < -0.3 is 25.0 Å². The zero-order valence-electron chi connectivity index (χ0n) is 17.3. The summed E-state index contributed by atoms with van der Waals surface area (Å²) >= 11 is 0. The van der Waals surface area contributed by atoms with E-state index in [9.17, 15) is 4.79 Å². The summed E-state index contributed by atoms with van der Waals surface area (Å²) in [7, 11) is 1.59. The average Bonchev–Trinajstić information content (AvgIpc) is 2.66. The van der Waals surface area contributed by atoms with E-state index in [-0.39, 0.29) is 29.9 Å². The number of nitrogens with zero attached hydrogens (tertiary/aromatic N) is 2. The number of nitrogens with one attached hydrogen (secondary N) is 2. The first-order valence-corrected chi connectivity index (χ1v) is 9.66. The molecule has 7 nitrogen and oxygen atoms in total. The number of hydrogen-bond donors (Lipinski definition) is 2. The molecule has 8 heteroatoms. The summed E-state index contributed by atoms with van der Waals surface area (Å²) in [6, 6.07) is 5.74. The summed E-state index contributed by atoms with van der Waals surface area (Å²) in [5, 5.41) is 6.18. The molecule has 1 aromatic rings. The standard InChI is InChI=1S/C20H32N4O3.HI/c1-5-21-20(24-11-9-17(10-12-24)27-6-2)22-14-16-7-8-19(26-4)18(13-16)23-15(3)25;/h7-8,13,17H,5-6,9-12,14H2,1-4H3,(H,21,22)(H,23,25);1H. The number of benzene rings is 1. The van der Waals surface area contributed by atoms with Gasteiger partial charge in [0, 0.05) is 33.2 Å². The van der Waals surface area contributed by atoms with Crippen LogP contribution in [0, 0.1) is 0 Å². The van der Waals surface area contributed by atoms with Crippen molar-refractivity contribution in [2.75, 3.05) is 38.7 Å². The van der Waals surface area contributed by atoms with Crippen LogP contribution in [-0.2, 0) is 16.1 Å². The third kappa shape index (κ3) is 7.46. The molecule has 0 saturated carbocycles. The molecule has 0 atom stereocenters. The van der Waals surface area contributed by atoms with Gasteiger partial charge in [0.25, 0.3) is 0 Å². The van der Waals surface area contributed by atoms with Crippen molar-refractivity contribution in [1.29, 1.82) is 0 Å². The first kappa shape index (κ1) is 24.5. The number of likely N-dealkylation sites (tertiary alicyclic amines) is 1. The summed E-state index contributed by atoms with van der Waals surface area (Å²) in [6.07, 6.45) is 2.40. The van der Waals surface area contributed by atoms with Crippen LogP contribution in [0.25, 0.3) is 0 Å². The third-order valence-corrected chi connectivity index (χ3v) is 4.46. The Labute approximate surface area is 185 Å². The molecule has 28 heavy (non-hydrogen) atoms. The summed E-state index contributed by atoms with van der Waals surface area (Å²) in [4.78, 5) is 18.5. The van der Waals surface area contributed by atoms with E-state index < -0.39 is 0 Å². The summed E-state index contributed by atoms with van der Waals surface area (Å²) in [5.74, 6) is 1.44. The lowest BCUT2D eigenvalue weighted by Crippen LogP contribution is -2.47. The van der Waals surface area contributed by atoms with Crippen molar-refractivity contribution in [2.24, 2.45) is 4.99 Å². The minimum absolute atomic E-state index is 0. The largest absolute Gasteiger partial charge is 0.495 e. The highest BCUT2D eigenvalue weighted by Crippen LogP contribution is 2.26. The van der Waals surface area contributed by atoms with Crippen LogP contribution in [0.1, 0.15) is 39.2 Å². The zero-order valence-corrected chi connectivity index (χ0v) is 19.6. The number of ether oxygens (including phenoxy) is 2. The molecule has 2 N–H and O–H groups in total. The third-order valence-electron chi connectivity index (χ3n) is 4.46. The molecule has 1 amide bonds. The van der Waals surface area contributed by atoms with Crippen molar-refractivity contribution < 1.29 is 14.3 Å². The molecular formula is C20H33IN4O3. The number of rotatable bonds is 7. The number of aliphatic imine (C=N–C) groups is 1. The van der Waals surface area contributed by atoms with Gasteiger partial charge in [-0.1, -0.05) is 6.07 Å². The molecule has 1 saturated heterocycles. The first-order chi connectivity index (χ1) is 13.1. The molecule has 0 spiro atoms. The Balaban J connectivity index is 0.00000392. The highest BCUT2D eigenvalue weighted by molar-refractivity contribution is 14.0. The van der Waals surface area contributed by atoms with Crippen molar-refractivity contribution in [1.82, 2.24) is 10.2 Å². The van der Waals surface area contributed by atoms with E-state index in [1.165, 1.54) is 6.92 Å². The Hall–Kier alpha value is -1.55. The lowest BCUT2D eigenvalue weighted by atomic mass is 10.1. The van der Waals surface area contributed by atoms with E-state index in [0.717, 1.165) is 50.6 Å². The molecule has 1 aliphatic rings. The van der Waals surface area contributed by atoms with Gasteiger partial charge in [0.15, 0.2) is 5.96 Å². The lowest BCUT2D eigenvalue weighted by Gasteiger charge is -2.34. The summed E-state index contributed by atoms with van der Waals surface area (Å²) < 4.78 is 11.0. The topological polar surface area (TPSA) is 75.2 Å². The number of carbonyl (C=O) groups excluding carboxylic acids is 1. The molecule has 1 fully saturated rings. The average molecular weight is 504 g/mol. The van der Waals surface area contributed by atoms with Gasteiger partial charge in [-0.05, 0) is 44.4 Å². The summed E-state index contributed by atoms with van der Waals surface area (Å²) in [6.45, 7) is 9.61. The number of carbonyl (C=O) groups is 1. The maximum absolute atomic E-state index is 11.4. The second-order valence-electron chi connectivity index (χ2n) is 6.53. The van der Waals surface area contributed by atoms with Crippen LogP contribution in [0.5, 0.6) is 5.75 Å². The zero-order chi connectivity index (χ0) is 19.6. The van der Waals surface area contributed by atoms with E-state index >= 15 is 0 Å². The Morgan fingerprint density at radius 1 is 1.29 bits per heavy atom. The number of piperidine rings is 1. The van der Waals surface area contributed by atoms with Crippen LogP contribution < -0.4 is 15.4 Å². The van der Waals surface area contributed by atoms with E-state index in [4.69, 9.17) is 14.5 Å². The highest BCUT2D eigenvalue weighted by Gasteiger charge is 2.21. The van der Waals surface area contributed by atoms with E-state index in [1.54, 1.807) is 7.11 Å². The normalized spacial score (nSPS) is 15.0. The van der Waals surface area contributed by atoms with Crippen molar-refractivity contribution in [2.45, 2.75) is 46.3 Å². The quantitative estimate of drug-likeness (QED) is 0.339. The molecule has 1 aromatic carbocycles. The Morgan fingerprint density at radius 2 is 2.00 bits per heavy atom. The minimum atomic E-state index is -0.126. The fourth-order valence-electron chi connectivity index (χ4n) is 3.20. The van der Waals surface area contributed by atoms with Gasteiger partial charge in [-0.3, -0.25) is 4.79 Å². The predicted octanol–water partition coefficient (Wildman–Crippen LogP) is 3.24. The molecule has 0 radical (unpaired) electrons. The van der Waals surface area contributed by atoms with Crippen LogP contribution in [0.3, 0.4) is 0 Å². The van der Waals surface area contributed by atoms with Crippen LogP contribution >= 0.6 is 24.0 Å². The van der Waals surface area contributed by atoms with Crippen molar-refractivity contribution in [3.8, 4) is 5.75 Å². The number of guanidine groups is 1. The molecule has 0 bridgehead atoms. The van der Waals surface area contributed by atoms with Crippen LogP contribution in [0.15, 0.2) is 23.2 Å². The van der Waals surface area contributed by atoms with E-state index in [1.807, 2.05) is 25.1 Å². The van der Waals surface area contributed by atoms with Gasteiger partial charge in [-0.2, -0.15) is 0 Å². The first-order valence-electron chi connectivity index (χ1n) is 9.66. The van der Waals surface area contributed by atoms with Gasteiger partial charge in [0.2, 0.25) is 5.91 Å². The smallest absolute Gasteiger partial charge is 0.221 e. The second-order valence-corrected chi connectivity index (χ2v) is 6.53. The maximum atomic E-state index is 11.4. The van der Waals surface area contributed by atoms with Gasteiger partial charge in [0.1, 0.15) is 5.75 Å².